The number of anilines is 1. The summed E-state index contributed by atoms with van der Waals surface area (Å²) in [6.07, 6.45) is 0.393. The number of aliphatic hydroxyl groups is 4. The molecular formula is C19H30N5O9P. The highest BCUT2D eigenvalue weighted by Crippen LogP contribution is 2.51. The fourth-order valence-electron chi connectivity index (χ4n) is 4.15. The predicted molar refractivity (Wildman–Crippen MR) is 117 cm³/mol. The molecule has 1 saturated carbocycles. The van der Waals surface area contributed by atoms with E-state index in [-0.39, 0.29) is 17.5 Å². The van der Waals surface area contributed by atoms with Crippen LogP contribution in [0.2, 0.25) is 0 Å². The highest BCUT2D eigenvalue weighted by atomic mass is 31.2. The van der Waals surface area contributed by atoms with Crippen molar-refractivity contribution in [3.8, 4) is 0 Å². The number of nitrogens with zero attached hydrogens (tertiary/aromatic N) is 4. The SMILES string of the molecule is C[C@@](CO)(OC[C@H]1O[C@@H](n2ncc3c(NC4CCCC4)nc(CO)nc32)[C@H](O)[C@@H]1O)P(=O)(O)O. The topological polar surface area (TPSA) is 213 Å². The van der Waals surface area contributed by atoms with Crippen LogP contribution in [0.4, 0.5) is 5.82 Å². The Morgan fingerprint density at radius 3 is 2.56 bits per heavy atom. The summed E-state index contributed by atoms with van der Waals surface area (Å²) in [5, 5.41) is 46.1. The Bertz CT molecular complexity index is 1060. The number of ether oxygens (including phenoxy) is 2. The molecule has 1 saturated heterocycles. The number of aromatic nitrogens is 4. The molecule has 4 rings (SSSR count). The maximum atomic E-state index is 11.7. The van der Waals surface area contributed by atoms with Crippen LogP contribution >= 0.6 is 7.60 Å². The van der Waals surface area contributed by atoms with Crippen LogP contribution in [0.5, 0.6) is 0 Å². The van der Waals surface area contributed by atoms with Crippen LogP contribution in [-0.4, -0.2) is 92.9 Å². The number of fused-ring (bicyclic) bond motifs is 1. The van der Waals surface area contributed by atoms with Gasteiger partial charge in [0.1, 0.15) is 30.7 Å². The van der Waals surface area contributed by atoms with Crippen LogP contribution in [0.15, 0.2) is 6.20 Å². The lowest BCUT2D eigenvalue weighted by Crippen LogP contribution is -2.39. The van der Waals surface area contributed by atoms with E-state index < -0.39 is 57.3 Å². The van der Waals surface area contributed by atoms with Gasteiger partial charge in [0, 0.05) is 6.04 Å². The predicted octanol–water partition coefficient (Wildman–Crippen LogP) is -0.805. The average Bonchev–Trinajstić information content (AvgIpc) is 3.52. The molecule has 0 unspecified atom stereocenters. The lowest BCUT2D eigenvalue weighted by molar-refractivity contribution is -0.104. The number of hydrogen-bond acceptors (Lipinski definition) is 11. The maximum absolute atomic E-state index is 11.7. The van der Waals surface area contributed by atoms with Crippen molar-refractivity contribution in [3.63, 3.8) is 0 Å². The molecule has 0 bridgehead atoms. The van der Waals surface area contributed by atoms with Crippen molar-refractivity contribution in [3.05, 3.63) is 12.0 Å². The minimum atomic E-state index is -4.84. The molecule has 0 spiro atoms. The first-order chi connectivity index (χ1) is 16.1. The van der Waals surface area contributed by atoms with E-state index in [0.29, 0.717) is 11.2 Å². The van der Waals surface area contributed by atoms with Gasteiger partial charge in [-0.15, -0.1) is 0 Å². The summed E-state index contributed by atoms with van der Waals surface area (Å²) in [6, 6.07) is 0.236. The standard InChI is InChI=1S/C19H30N5O9P/c1-19(9-26,34(29,30)31)32-8-12-14(27)15(28)18(33-12)24-17-11(6-20-24)16(22-13(7-25)23-17)21-10-4-2-3-5-10/h6,10,12,14-15,18,25-28H,2-5,7-9H2,1H3,(H,21,22,23)(H2,29,30,31)/t12-,14-,15-,18-,19-/m1/s1. The van der Waals surface area contributed by atoms with Crippen molar-refractivity contribution in [1.29, 1.82) is 0 Å². The summed E-state index contributed by atoms with van der Waals surface area (Å²) >= 11 is 0. The zero-order valence-electron chi connectivity index (χ0n) is 18.6. The van der Waals surface area contributed by atoms with Crippen LogP contribution in [-0.2, 0) is 20.6 Å². The Hall–Kier alpha value is -1.74. The first kappa shape index (κ1) is 25.4. The van der Waals surface area contributed by atoms with Crippen molar-refractivity contribution in [2.24, 2.45) is 0 Å². The minimum Gasteiger partial charge on any atom is -0.393 e. The van der Waals surface area contributed by atoms with E-state index in [9.17, 15) is 34.8 Å². The van der Waals surface area contributed by atoms with Gasteiger partial charge in [0.2, 0.25) is 0 Å². The summed E-state index contributed by atoms with van der Waals surface area (Å²) in [6.45, 7) is -0.860. The monoisotopic (exact) mass is 503 g/mol. The smallest absolute Gasteiger partial charge is 0.359 e. The molecule has 2 aromatic rings. The van der Waals surface area contributed by atoms with Gasteiger partial charge in [-0.25, -0.2) is 14.6 Å². The van der Waals surface area contributed by atoms with Gasteiger partial charge in [-0.05, 0) is 19.8 Å². The van der Waals surface area contributed by atoms with Crippen molar-refractivity contribution < 1.29 is 44.3 Å². The normalized spacial score (nSPS) is 28.0. The van der Waals surface area contributed by atoms with Gasteiger partial charge < -0.3 is 45.0 Å². The van der Waals surface area contributed by atoms with E-state index in [4.69, 9.17) is 9.47 Å². The molecule has 2 aromatic heterocycles. The van der Waals surface area contributed by atoms with Crippen molar-refractivity contribution in [1.82, 2.24) is 19.7 Å². The molecule has 0 radical (unpaired) electrons. The second kappa shape index (κ2) is 9.72. The Labute approximate surface area is 194 Å². The largest absolute Gasteiger partial charge is 0.393 e. The van der Waals surface area contributed by atoms with E-state index in [0.717, 1.165) is 32.6 Å². The summed E-state index contributed by atoms with van der Waals surface area (Å²) in [4.78, 5) is 27.6. The highest BCUT2D eigenvalue weighted by molar-refractivity contribution is 7.53. The average molecular weight is 503 g/mol. The third-order valence-electron chi connectivity index (χ3n) is 6.38. The molecule has 0 amide bonds. The van der Waals surface area contributed by atoms with Crippen molar-refractivity contribution >= 4 is 24.4 Å². The molecule has 0 aromatic carbocycles. The second-order valence-corrected chi connectivity index (χ2v) is 10.9. The van der Waals surface area contributed by atoms with Gasteiger partial charge in [0.05, 0.1) is 24.8 Å². The molecule has 15 heteroatoms. The summed E-state index contributed by atoms with van der Waals surface area (Å²) < 4.78 is 23.9. The number of hydrogen-bond donors (Lipinski definition) is 7. The van der Waals surface area contributed by atoms with Crippen LogP contribution in [0.25, 0.3) is 11.0 Å². The van der Waals surface area contributed by atoms with E-state index in [1.165, 1.54) is 10.9 Å². The molecular weight excluding hydrogens is 473 g/mol. The summed E-state index contributed by atoms with van der Waals surface area (Å²) in [5.74, 6) is 0.642. The third kappa shape index (κ3) is 4.70. The highest BCUT2D eigenvalue weighted by Gasteiger charge is 2.48. The lowest BCUT2D eigenvalue weighted by atomic mass is 10.1. The number of nitrogens with one attached hydrogen (secondary N) is 1. The third-order valence-corrected chi connectivity index (χ3v) is 7.89. The number of rotatable bonds is 9. The zero-order chi connectivity index (χ0) is 24.7. The van der Waals surface area contributed by atoms with Crippen LogP contribution < -0.4 is 5.32 Å². The van der Waals surface area contributed by atoms with Gasteiger partial charge in [-0.2, -0.15) is 5.10 Å². The van der Waals surface area contributed by atoms with E-state index in [1.807, 2.05) is 0 Å². The second-order valence-electron chi connectivity index (χ2n) is 8.83. The molecule has 14 nitrogen and oxygen atoms in total. The van der Waals surface area contributed by atoms with Crippen LogP contribution in [0.1, 0.15) is 44.7 Å². The van der Waals surface area contributed by atoms with Crippen LogP contribution in [0.3, 0.4) is 0 Å². The van der Waals surface area contributed by atoms with Crippen molar-refractivity contribution in [2.45, 2.75) is 75.1 Å². The molecule has 2 fully saturated rings. The lowest BCUT2D eigenvalue weighted by Gasteiger charge is -2.29. The fourth-order valence-corrected chi connectivity index (χ4v) is 4.58. The first-order valence-corrected chi connectivity index (χ1v) is 12.6. The minimum absolute atomic E-state index is 0.142. The quantitative estimate of drug-likeness (QED) is 0.209. The Balaban J connectivity index is 1.58. The summed E-state index contributed by atoms with van der Waals surface area (Å²) in [5.41, 5.74) is 0.271. The maximum Gasteiger partial charge on any atom is 0.359 e. The van der Waals surface area contributed by atoms with Gasteiger partial charge in [-0.3, -0.25) is 4.57 Å². The molecule has 1 aliphatic carbocycles. The van der Waals surface area contributed by atoms with E-state index in [2.05, 4.69) is 20.4 Å². The molecule has 34 heavy (non-hydrogen) atoms. The zero-order valence-corrected chi connectivity index (χ0v) is 19.5. The molecule has 2 aliphatic rings. The fraction of sp³-hybridized carbons (Fsp3) is 0.737. The molecule has 190 valence electrons. The molecule has 7 N–H and O–H groups in total. The van der Waals surface area contributed by atoms with Gasteiger partial charge in [0.25, 0.3) is 0 Å². The van der Waals surface area contributed by atoms with Gasteiger partial charge in [-0.1, -0.05) is 12.8 Å². The first-order valence-electron chi connectivity index (χ1n) is 11.0. The van der Waals surface area contributed by atoms with Crippen molar-refractivity contribution in [2.75, 3.05) is 18.5 Å². The molecule has 1 aliphatic heterocycles. The Morgan fingerprint density at radius 1 is 1.24 bits per heavy atom. The van der Waals surface area contributed by atoms with Gasteiger partial charge >= 0.3 is 7.60 Å². The Morgan fingerprint density at radius 2 is 1.94 bits per heavy atom. The van der Waals surface area contributed by atoms with Gasteiger partial charge in [0.15, 0.2) is 23.0 Å². The van der Waals surface area contributed by atoms with Crippen LogP contribution in [0, 0.1) is 0 Å². The Kier molecular flexibility index (Phi) is 7.25. The van der Waals surface area contributed by atoms with E-state index in [1.54, 1.807) is 0 Å². The molecule has 3 heterocycles. The summed E-state index contributed by atoms with van der Waals surface area (Å²) in [7, 11) is -4.84. The van der Waals surface area contributed by atoms with E-state index >= 15 is 0 Å². The number of aliphatic hydroxyl groups excluding tert-OH is 4. The molecule has 5 atom stereocenters.